The van der Waals surface area contributed by atoms with Crippen molar-refractivity contribution in [3.8, 4) is 0 Å². The Hall–Kier alpha value is -1.30. The maximum absolute atomic E-state index is 12.2. The van der Waals surface area contributed by atoms with Gasteiger partial charge >= 0.3 is 12.0 Å². The Morgan fingerprint density at radius 3 is 2.47 bits per heavy atom. The van der Waals surface area contributed by atoms with Crippen LogP contribution in [0, 0.1) is 5.92 Å². The van der Waals surface area contributed by atoms with E-state index in [4.69, 9.17) is 5.11 Å². The van der Waals surface area contributed by atoms with E-state index < -0.39 is 12.0 Å². The SMILES string of the molecule is CCC(C(=O)O)N(C)C(=O)N(C)CC1CCN(C)C1. The van der Waals surface area contributed by atoms with Crippen LogP contribution in [0.1, 0.15) is 19.8 Å². The molecule has 6 heteroatoms. The zero-order chi connectivity index (χ0) is 14.6. The third-order valence-electron chi connectivity index (χ3n) is 3.79. The van der Waals surface area contributed by atoms with Gasteiger partial charge in [-0.2, -0.15) is 0 Å². The van der Waals surface area contributed by atoms with E-state index in [9.17, 15) is 9.59 Å². The van der Waals surface area contributed by atoms with Crippen LogP contribution in [0.25, 0.3) is 0 Å². The number of carboxylic acid groups (broad SMARTS) is 1. The Labute approximate surface area is 115 Å². The molecule has 0 aromatic carbocycles. The van der Waals surface area contributed by atoms with E-state index in [0.29, 0.717) is 18.9 Å². The van der Waals surface area contributed by atoms with Gasteiger partial charge in [-0.25, -0.2) is 9.59 Å². The normalized spacial score (nSPS) is 21.2. The molecule has 6 nitrogen and oxygen atoms in total. The summed E-state index contributed by atoms with van der Waals surface area (Å²) >= 11 is 0. The van der Waals surface area contributed by atoms with Crippen LogP contribution in [-0.2, 0) is 4.79 Å². The molecular weight excluding hydrogens is 246 g/mol. The van der Waals surface area contributed by atoms with Crippen LogP contribution in [0.4, 0.5) is 4.79 Å². The van der Waals surface area contributed by atoms with Gasteiger partial charge in [0, 0.05) is 27.2 Å². The molecule has 0 aliphatic carbocycles. The smallest absolute Gasteiger partial charge is 0.326 e. The summed E-state index contributed by atoms with van der Waals surface area (Å²) in [6, 6.07) is -0.968. The van der Waals surface area contributed by atoms with Crippen molar-refractivity contribution in [2.75, 3.05) is 40.8 Å². The summed E-state index contributed by atoms with van der Waals surface area (Å²) in [5.74, 6) is -0.468. The maximum Gasteiger partial charge on any atom is 0.326 e. The van der Waals surface area contributed by atoms with Gasteiger partial charge in [-0.1, -0.05) is 6.92 Å². The van der Waals surface area contributed by atoms with Crippen LogP contribution in [0.5, 0.6) is 0 Å². The first-order valence-corrected chi connectivity index (χ1v) is 6.76. The van der Waals surface area contributed by atoms with Crippen LogP contribution < -0.4 is 0 Å². The number of aliphatic carboxylic acids is 1. The fourth-order valence-corrected chi connectivity index (χ4v) is 2.66. The van der Waals surface area contributed by atoms with E-state index >= 15 is 0 Å². The first kappa shape index (κ1) is 15.8. The van der Waals surface area contributed by atoms with E-state index in [2.05, 4.69) is 11.9 Å². The van der Waals surface area contributed by atoms with Gasteiger partial charge in [0.05, 0.1) is 0 Å². The zero-order valence-electron chi connectivity index (χ0n) is 12.3. The second-order valence-corrected chi connectivity index (χ2v) is 5.45. The monoisotopic (exact) mass is 271 g/mol. The van der Waals surface area contributed by atoms with Gasteiger partial charge in [-0.05, 0) is 32.4 Å². The third kappa shape index (κ3) is 4.09. The van der Waals surface area contributed by atoms with Crippen molar-refractivity contribution in [3.05, 3.63) is 0 Å². The number of amides is 2. The quantitative estimate of drug-likeness (QED) is 0.803. The standard InChI is InChI=1S/C13H25N3O3/c1-5-11(12(17)18)16(4)13(19)15(3)9-10-6-7-14(2)8-10/h10-11H,5-9H2,1-4H3,(H,17,18). The van der Waals surface area contributed by atoms with Crippen LogP contribution in [-0.4, -0.2) is 78.6 Å². The molecule has 110 valence electrons. The van der Waals surface area contributed by atoms with Gasteiger partial charge in [-0.15, -0.1) is 0 Å². The van der Waals surface area contributed by atoms with Crippen molar-refractivity contribution in [2.24, 2.45) is 5.92 Å². The number of carbonyl (C=O) groups excluding carboxylic acids is 1. The summed E-state index contributed by atoms with van der Waals surface area (Å²) in [5, 5.41) is 9.07. The molecule has 19 heavy (non-hydrogen) atoms. The molecule has 1 fully saturated rings. The highest BCUT2D eigenvalue weighted by molar-refractivity contribution is 5.82. The van der Waals surface area contributed by atoms with E-state index in [1.165, 1.54) is 4.90 Å². The fraction of sp³-hybridized carbons (Fsp3) is 0.846. The van der Waals surface area contributed by atoms with E-state index in [0.717, 1.165) is 19.5 Å². The molecule has 0 saturated carbocycles. The van der Waals surface area contributed by atoms with Gasteiger partial charge in [-0.3, -0.25) is 0 Å². The van der Waals surface area contributed by atoms with Crippen LogP contribution >= 0.6 is 0 Å². The van der Waals surface area contributed by atoms with Crippen LogP contribution in [0.15, 0.2) is 0 Å². The fourth-order valence-electron chi connectivity index (χ4n) is 2.66. The highest BCUT2D eigenvalue weighted by atomic mass is 16.4. The number of likely N-dealkylation sites (N-methyl/N-ethyl adjacent to an activating group) is 1. The predicted molar refractivity (Wildman–Crippen MR) is 73.1 cm³/mol. The van der Waals surface area contributed by atoms with Crippen LogP contribution in [0.3, 0.4) is 0 Å². The largest absolute Gasteiger partial charge is 0.480 e. The molecule has 0 radical (unpaired) electrons. The minimum absolute atomic E-state index is 0.219. The first-order valence-electron chi connectivity index (χ1n) is 6.76. The van der Waals surface area contributed by atoms with Gasteiger partial charge in [0.15, 0.2) is 0 Å². The summed E-state index contributed by atoms with van der Waals surface area (Å²) in [4.78, 5) is 28.5. The third-order valence-corrected chi connectivity index (χ3v) is 3.79. The molecule has 0 bridgehead atoms. The molecule has 0 aromatic rings. The molecule has 0 aromatic heterocycles. The first-order chi connectivity index (χ1) is 8.86. The number of rotatable bonds is 5. The topological polar surface area (TPSA) is 64.1 Å². The summed E-state index contributed by atoms with van der Waals surface area (Å²) in [5.41, 5.74) is 0. The van der Waals surface area contributed by atoms with Gasteiger partial charge in [0.1, 0.15) is 6.04 Å². The number of hydrogen-bond acceptors (Lipinski definition) is 3. The highest BCUT2D eigenvalue weighted by Crippen LogP contribution is 2.16. The molecule has 0 spiro atoms. The molecule has 2 unspecified atom stereocenters. The molecule has 2 atom stereocenters. The minimum Gasteiger partial charge on any atom is -0.480 e. The predicted octanol–water partition coefficient (Wildman–Crippen LogP) is 0.785. The summed E-state index contributed by atoms with van der Waals surface area (Å²) in [6.45, 7) is 4.52. The minimum atomic E-state index is -0.952. The lowest BCUT2D eigenvalue weighted by atomic mass is 10.1. The second kappa shape index (κ2) is 6.75. The van der Waals surface area contributed by atoms with Crippen molar-refractivity contribution >= 4 is 12.0 Å². The summed E-state index contributed by atoms with van der Waals surface area (Å²) in [7, 11) is 5.37. The zero-order valence-corrected chi connectivity index (χ0v) is 12.3. The lowest BCUT2D eigenvalue weighted by Crippen LogP contribution is -2.48. The van der Waals surface area contributed by atoms with E-state index in [-0.39, 0.29) is 6.03 Å². The Balaban J connectivity index is 2.53. The molecule has 1 saturated heterocycles. The number of carboxylic acids is 1. The molecule has 1 rings (SSSR count). The van der Waals surface area contributed by atoms with Gasteiger partial charge in [0.25, 0.3) is 0 Å². The van der Waals surface area contributed by atoms with Crippen molar-refractivity contribution in [1.82, 2.24) is 14.7 Å². The van der Waals surface area contributed by atoms with E-state index in [1.807, 2.05) is 0 Å². The molecular formula is C13H25N3O3. The average molecular weight is 271 g/mol. The Bertz CT molecular complexity index is 335. The van der Waals surface area contributed by atoms with Crippen molar-refractivity contribution in [2.45, 2.75) is 25.8 Å². The van der Waals surface area contributed by atoms with Gasteiger partial charge in [0.2, 0.25) is 0 Å². The Kier molecular flexibility index (Phi) is 5.60. The Morgan fingerprint density at radius 2 is 2.05 bits per heavy atom. The van der Waals surface area contributed by atoms with Gasteiger partial charge < -0.3 is 19.8 Å². The molecule has 1 N–H and O–H groups in total. The number of nitrogens with zero attached hydrogens (tertiary/aromatic N) is 3. The number of carbonyl (C=O) groups is 2. The molecule has 1 heterocycles. The number of likely N-dealkylation sites (tertiary alicyclic amines) is 1. The molecule has 1 aliphatic rings. The lowest BCUT2D eigenvalue weighted by molar-refractivity contribution is -0.142. The van der Waals surface area contributed by atoms with Crippen molar-refractivity contribution in [3.63, 3.8) is 0 Å². The average Bonchev–Trinajstić information content (AvgIpc) is 2.73. The van der Waals surface area contributed by atoms with Crippen molar-refractivity contribution < 1.29 is 14.7 Å². The molecule has 2 amide bonds. The van der Waals surface area contributed by atoms with Crippen molar-refractivity contribution in [1.29, 1.82) is 0 Å². The number of hydrogen-bond donors (Lipinski definition) is 1. The number of urea groups is 1. The Morgan fingerprint density at radius 1 is 1.42 bits per heavy atom. The van der Waals surface area contributed by atoms with E-state index in [1.54, 1.807) is 25.9 Å². The lowest BCUT2D eigenvalue weighted by Gasteiger charge is -2.30. The molecule has 1 aliphatic heterocycles. The van der Waals surface area contributed by atoms with Crippen LogP contribution in [0.2, 0.25) is 0 Å². The highest BCUT2D eigenvalue weighted by Gasteiger charge is 2.29. The summed E-state index contributed by atoms with van der Waals surface area (Å²) in [6.07, 6.45) is 1.51. The summed E-state index contributed by atoms with van der Waals surface area (Å²) < 4.78 is 0. The second-order valence-electron chi connectivity index (χ2n) is 5.45. The maximum atomic E-state index is 12.2.